The Balaban J connectivity index is 2.93. The second-order valence-electron chi connectivity index (χ2n) is 4.15. The van der Waals surface area contributed by atoms with Gasteiger partial charge >= 0.3 is 6.18 Å². The van der Waals surface area contributed by atoms with Crippen molar-refractivity contribution in [2.75, 3.05) is 0 Å². The Hall–Kier alpha value is -1.12. The second kappa shape index (κ2) is 5.89. The molecule has 0 fully saturated rings. The van der Waals surface area contributed by atoms with Gasteiger partial charge in [-0.15, -0.1) is 0 Å². The van der Waals surface area contributed by atoms with E-state index in [0.29, 0.717) is 5.56 Å². The van der Waals surface area contributed by atoms with E-state index in [1.165, 1.54) is 18.2 Å². The third kappa shape index (κ3) is 4.81. The summed E-state index contributed by atoms with van der Waals surface area (Å²) in [5, 5.41) is 0. The fourth-order valence-electron chi connectivity index (χ4n) is 1.65. The quantitative estimate of drug-likeness (QED) is 0.869. The lowest BCUT2D eigenvalue weighted by Crippen LogP contribution is -2.36. The molecule has 19 heavy (non-hydrogen) atoms. The maximum absolute atomic E-state index is 12.2. The molecule has 4 nitrogen and oxygen atoms in total. The van der Waals surface area contributed by atoms with E-state index in [1.807, 2.05) is 4.72 Å². The number of nitrogens with one attached hydrogen (secondary N) is 1. The number of hydrogen-bond donors (Lipinski definition) is 2. The van der Waals surface area contributed by atoms with E-state index in [1.54, 1.807) is 6.07 Å². The van der Waals surface area contributed by atoms with Gasteiger partial charge in [0, 0.05) is 12.6 Å². The van der Waals surface area contributed by atoms with Crippen LogP contribution in [0, 0.1) is 0 Å². The molecular formula is C11H15F3N2O2S. The Labute approximate surface area is 109 Å². The predicted molar refractivity (Wildman–Crippen MR) is 64.8 cm³/mol. The highest BCUT2D eigenvalue weighted by Gasteiger charge is 2.32. The Morgan fingerprint density at radius 2 is 1.89 bits per heavy atom. The van der Waals surface area contributed by atoms with Gasteiger partial charge < -0.3 is 5.73 Å². The van der Waals surface area contributed by atoms with Gasteiger partial charge in [0.2, 0.25) is 10.0 Å². The van der Waals surface area contributed by atoms with Gasteiger partial charge in [-0.2, -0.15) is 13.2 Å². The number of halogens is 3. The van der Waals surface area contributed by atoms with Crippen molar-refractivity contribution in [3.8, 4) is 0 Å². The maximum atomic E-state index is 12.2. The molecule has 0 saturated heterocycles. The summed E-state index contributed by atoms with van der Waals surface area (Å²) in [4.78, 5) is -0.0912. The van der Waals surface area contributed by atoms with Crippen molar-refractivity contribution in [3.63, 3.8) is 0 Å². The third-order valence-corrected chi connectivity index (χ3v) is 4.07. The fraction of sp³-hybridized carbons (Fsp3) is 0.455. The molecule has 1 unspecified atom stereocenters. The summed E-state index contributed by atoms with van der Waals surface area (Å²) in [6, 6.07) is 4.69. The summed E-state index contributed by atoms with van der Waals surface area (Å²) in [5.74, 6) is 0. The van der Waals surface area contributed by atoms with Gasteiger partial charge in [0.05, 0.1) is 11.3 Å². The highest BCUT2D eigenvalue weighted by Crippen LogP contribution is 2.23. The molecular weight excluding hydrogens is 281 g/mol. The number of sulfonamides is 1. The standard InChI is InChI=1S/C11H15F3N2O2S/c1-8(6-11(12,13)14)16-19(17,18)10-5-3-2-4-9(10)7-15/h2-5,8,16H,6-7,15H2,1H3. The van der Waals surface area contributed by atoms with Crippen LogP contribution in [0.5, 0.6) is 0 Å². The lowest BCUT2D eigenvalue weighted by Gasteiger charge is -2.17. The van der Waals surface area contributed by atoms with Crippen LogP contribution < -0.4 is 10.5 Å². The highest BCUT2D eigenvalue weighted by molar-refractivity contribution is 7.89. The van der Waals surface area contributed by atoms with E-state index in [4.69, 9.17) is 5.73 Å². The molecule has 0 aliphatic heterocycles. The molecule has 8 heteroatoms. The molecule has 0 aliphatic carbocycles. The van der Waals surface area contributed by atoms with Gasteiger partial charge in [0.1, 0.15) is 0 Å². The smallest absolute Gasteiger partial charge is 0.326 e. The minimum absolute atomic E-state index is 0.00919. The van der Waals surface area contributed by atoms with E-state index in [0.717, 1.165) is 6.92 Å². The zero-order valence-corrected chi connectivity index (χ0v) is 11.1. The summed E-state index contributed by atoms with van der Waals surface area (Å²) >= 11 is 0. The minimum atomic E-state index is -4.42. The molecule has 0 heterocycles. The molecule has 108 valence electrons. The SMILES string of the molecule is CC(CC(F)(F)F)NS(=O)(=O)c1ccccc1CN. The molecule has 1 aromatic rings. The first-order valence-electron chi connectivity index (χ1n) is 5.53. The van der Waals surface area contributed by atoms with Gasteiger partial charge in [-0.3, -0.25) is 0 Å². The molecule has 1 rings (SSSR count). The van der Waals surface area contributed by atoms with Crippen LogP contribution in [0.1, 0.15) is 18.9 Å². The Morgan fingerprint density at radius 1 is 1.32 bits per heavy atom. The van der Waals surface area contributed by atoms with Crippen molar-refractivity contribution < 1.29 is 21.6 Å². The molecule has 0 aromatic heterocycles. The van der Waals surface area contributed by atoms with Gasteiger partial charge in [-0.05, 0) is 18.6 Å². The first-order valence-corrected chi connectivity index (χ1v) is 7.01. The van der Waals surface area contributed by atoms with E-state index in [-0.39, 0.29) is 11.4 Å². The monoisotopic (exact) mass is 296 g/mol. The van der Waals surface area contributed by atoms with Crippen molar-refractivity contribution in [1.82, 2.24) is 4.72 Å². The molecule has 1 aromatic carbocycles. The summed E-state index contributed by atoms with van der Waals surface area (Å²) in [5.41, 5.74) is 5.76. The number of benzene rings is 1. The number of alkyl halides is 3. The van der Waals surface area contributed by atoms with E-state index in [9.17, 15) is 21.6 Å². The largest absolute Gasteiger partial charge is 0.390 e. The number of hydrogen-bond acceptors (Lipinski definition) is 3. The zero-order chi connectivity index (χ0) is 14.7. The zero-order valence-electron chi connectivity index (χ0n) is 10.2. The maximum Gasteiger partial charge on any atom is 0.390 e. The number of nitrogens with two attached hydrogens (primary N) is 1. The van der Waals surface area contributed by atoms with Gasteiger partial charge in [-0.1, -0.05) is 18.2 Å². The lowest BCUT2D eigenvalue weighted by atomic mass is 10.2. The summed E-state index contributed by atoms with van der Waals surface area (Å²) < 4.78 is 62.5. The topological polar surface area (TPSA) is 72.2 Å². The summed E-state index contributed by atoms with van der Waals surface area (Å²) in [7, 11) is -4.00. The Kier molecular flexibility index (Phi) is 4.94. The van der Waals surface area contributed by atoms with Crippen molar-refractivity contribution in [3.05, 3.63) is 29.8 Å². The minimum Gasteiger partial charge on any atom is -0.326 e. The predicted octanol–water partition coefficient (Wildman–Crippen LogP) is 1.76. The van der Waals surface area contributed by atoms with Gasteiger partial charge in [0.15, 0.2) is 0 Å². The molecule has 3 N–H and O–H groups in total. The van der Waals surface area contributed by atoms with Gasteiger partial charge in [-0.25, -0.2) is 13.1 Å². The lowest BCUT2D eigenvalue weighted by molar-refractivity contribution is -0.137. The molecule has 0 bridgehead atoms. The van der Waals surface area contributed by atoms with Crippen LogP contribution in [0.3, 0.4) is 0 Å². The van der Waals surface area contributed by atoms with Crippen molar-refractivity contribution >= 4 is 10.0 Å². The average Bonchev–Trinajstić information content (AvgIpc) is 2.25. The highest BCUT2D eigenvalue weighted by atomic mass is 32.2. The van der Waals surface area contributed by atoms with Crippen LogP contribution in [0.15, 0.2) is 29.2 Å². The van der Waals surface area contributed by atoms with E-state index in [2.05, 4.69) is 0 Å². The van der Waals surface area contributed by atoms with Crippen LogP contribution in [0.25, 0.3) is 0 Å². The van der Waals surface area contributed by atoms with Crippen LogP contribution in [-0.2, 0) is 16.6 Å². The summed E-state index contributed by atoms with van der Waals surface area (Å²) in [6.45, 7) is 1.15. The van der Waals surface area contributed by atoms with Crippen molar-refractivity contribution in [2.45, 2.75) is 37.0 Å². The first-order chi connectivity index (χ1) is 8.65. The molecule has 0 amide bonds. The molecule has 0 aliphatic rings. The van der Waals surface area contributed by atoms with Gasteiger partial charge in [0.25, 0.3) is 0 Å². The fourth-order valence-corrected chi connectivity index (χ4v) is 3.15. The molecule has 0 saturated carbocycles. The van der Waals surface area contributed by atoms with Crippen LogP contribution >= 0.6 is 0 Å². The number of rotatable bonds is 5. The third-order valence-electron chi connectivity index (χ3n) is 2.38. The van der Waals surface area contributed by atoms with Crippen LogP contribution in [0.4, 0.5) is 13.2 Å². The van der Waals surface area contributed by atoms with E-state index < -0.39 is 28.7 Å². The van der Waals surface area contributed by atoms with Crippen LogP contribution in [-0.4, -0.2) is 20.6 Å². The molecule has 0 spiro atoms. The normalized spacial score (nSPS) is 14.4. The Bertz CT molecular complexity index is 529. The van der Waals surface area contributed by atoms with Crippen LogP contribution in [0.2, 0.25) is 0 Å². The second-order valence-corrected chi connectivity index (χ2v) is 5.84. The van der Waals surface area contributed by atoms with Crippen molar-refractivity contribution in [2.24, 2.45) is 5.73 Å². The first kappa shape index (κ1) is 15.9. The average molecular weight is 296 g/mol. The molecule has 1 atom stereocenters. The Morgan fingerprint density at radius 3 is 2.42 bits per heavy atom. The van der Waals surface area contributed by atoms with Crippen molar-refractivity contribution in [1.29, 1.82) is 0 Å². The molecule has 0 radical (unpaired) electrons. The summed E-state index contributed by atoms with van der Waals surface area (Å²) in [6.07, 6.45) is -5.65. The van der Waals surface area contributed by atoms with E-state index >= 15 is 0 Å².